The third-order valence-electron chi connectivity index (χ3n) is 3.82. The van der Waals surface area contributed by atoms with Crippen LogP contribution in [0.5, 0.6) is 0 Å². The largest absolute Gasteiger partial charge is 0.398 e. The van der Waals surface area contributed by atoms with E-state index in [2.05, 4.69) is 6.07 Å². The van der Waals surface area contributed by atoms with Crippen molar-refractivity contribution in [3.63, 3.8) is 0 Å². The maximum absolute atomic E-state index is 12.4. The van der Waals surface area contributed by atoms with Gasteiger partial charge >= 0.3 is 0 Å². The molecule has 1 aliphatic rings. The van der Waals surface area contributed by atoms with Gasteiger partial charge in [0, 0.05) is 12.1 Å². The second-order valence-corrected chi connectivity index (χ2v) is 5.73. The number of anilines is 2. The number of carbonyl (C=O) groups is 1. The first-order chi connectivity index (χ1) is 10.1. The van der Waals surface area contributed by atoms with Crippen molar-refractivity contribution in [1.82, 2.24) is 0 Å². The number of aryl methyl sites for hydroxylation is 1. The zero-order chi connectivity index (χ0) is 14.8. The maximum Gasteiger partial charge on any atom is 0.227 e. The Morgan fingerprint density at radius 2 is 1.95 bits per heavy atom. The van der Waals surface area contributed by atoms with Crippen molar-refractivity contribution in [2.45, 2.75) is 25.8 Å². The number of fused-ring (bicyclic) bond motifs is 1. The summed E-state index contributed by atoms with van der Waals surface area (Å²) in [5, 5.41) is 0.543. The van der Waals surface area contributed by atoms with Crippen molar-refractivity contribution in [3.05, 3.63) is 58.6 Å². The molecule has 0 saturated carbocycles. The van der Waals surface area contributed by atoms with Crippen LogP contribution in [0, 0.1) is 0 Å². The normalized spacial score (nSPS) is 14.7. The van der Waals surface area contributed by atoms with E-state index in [0.717, 1.165) is 24.1 Å². The van der Waals surface area contributed by atoms with Crippen molar-refractivity contribution < 1.29 is 4.79 Å². The van der Waals surface area contributed by atoms with Gasteiger partial charge in [0.2, 0.25) is 5.91 Å². The number of hydrogen-bond acceptors (Lipinski definition) is 2. The van der Waals surface area contributed by atoms with Crippen LogP contribution < -0.4 is 10.6 Å². The van der Waals surface area contributed by atoms with Gasteiger partial charge in [0.25, 0.3) is 0 Å². The van der Waals surface area contributed by atoms with E-state index in [-0.39, 0.29) is 5.91 Å². The summed E-state index contributed by atoms with van der Waals surface area (Å²) >= 11 is 5.95. The fraction of sp³-hybridized carbons (Fsp3) is 0.235. The number of nitrogens with two attached hydrogens (primary N) is 1. The first-order valence-electron chi connectivity index (χ1n) is 7.07. The van der Waals surface area contributed by atoms with Gasteiger partial charge in [0.15, 0.2) is 0 Å². The summed E-state index contributed by atoms with van der Waals surface area (Å²) in [4.78, 5) is 14.3. The molecule has 1 amide bonds. The van der Waals surface area contributed by atoms with Crippen molar-refractivity contribution >= 4 is 28.9 Å². The van der Waals surface area contributed by atoms with Crippen molar-refractivity contribution in [3.8, 4) is 0 Å². The molecule has 0 spiro atoms. The molecule has 0 radical (unpaired) electrons. The predicted molar refractivity (Wildman–Crippen MR) is 86.4 cm³/mol. The Kier molecular flexibility index (Phi) is 3.84. The van der Waals surface area contributed by atoms with Crippen LogP contribution in [-0.4, -0.2) is 5.91 Å². The SMILES string of the molecule is Nc1cc(CN2C(=O)CCCc3ccccc32)ccc1Cl. The summed E-state index contributed by atoms with van der Waals surface area (Å²) in [6.45, 7) is 0.525. The minimum absolute atomic E-state index is 0.161. The second kappa shape index (κ2) is 5.78. The van der Waals surface area contributed by atoms with Crippen molar-refractivity contribution in [2.24, 2.45) is 0 Å². The molecule has 0 fully saturated rings. The number of nitrogens with zero attached hydrogens (tertiary/aromatic N) is 1. The molecule has 0 unspecified atom stereocenters. The van der Waals surface area contributed by atoms with E-state index in [9.17, 15) is 4.79 Å². The Morgan fingerprint density at radius 3 is 2.76 bits per heavy atom. The van der Waals surface area contributed by atoms with Crippen LogP contribution >= 0.6 is 11.6 Å². The molecule has 0 atom stereocenters. The Morgan fingerprint density at radius 1 is 1.14 bits per heavy atom. The monoisotopic (exact) mass is 300 g/mol. The van der Waals surface area contributed by atoms with Crippen LogP contribution in [0.1, 0.15) is 24.0 Å². The van der Waals surface area contributed by atoms with Gasteiger partial charge in [-0.2, -0.15) is 0 Å². The van der Waals surface area contributed by atoms with Gasteiger partial charge in [-0.05, 0) is 42.2 Å². The quantitative estimate of drug-likeness (QED) is 0.858. The minimum Gasteiger partial charge on any atom is -0.398 e. The van der Waals surface area contributed by atoms with Crippen LogP contribution in [0.15, 0.2) is 42.5 Å². The maximum atomic E-state index is 12.4. The smallest absolute Gasteiger partial charge is 0.227 e. The van der Waals surface area contributed by atoms with Gasteiger partial charge < -0.3 is 10.6 Å². The molecule has 2 aromatic rings. The molecule has 2 aromatic carbocycles. The molecule has 0 saturated heterocycles. The van der Waals surface area contributed by atoms with Gasteiger partial charge in [-0.15, -0.1) is 0 Å². The number of benzene rings is 2. The topological polar surface area (TPSA) is 46.3 Å². The molecular formula is C17H17ClN2O. The van der Waals surface area contributed by atoms with Gasteiger partial charge in [0.1, 0.15) is 0 Å². The lowest BCUT2D eigenvalue weighted by molar-refractivity contribution is -0.118. The van der Waals surface area contributed by atoms with Crippen LogP contribution in [0.3, 0.4) is 0 Å². The standard InChI is InChI=1S/C17H17ClN2O/c18-14-9-8-12(10-15(14)19)11-20-16-6-2-1-4-13(16)5-3-7-17(20)21/h1-2,4,6,8-10H,3,5,7,11,19H2. The fourth-order valence-electron chi connectivity index (χ4n) is 2.73. The molecule has 3 rings (SSSR count). The highest BCUT2D eigenvalue weighted by Gasteiger charge is 2.22. The number of amides is 1. The molecule has 1 heterocycles. The first-order valence-corrected chi connectivity index (χ1v) is 7.45. The molecule has 2 N–H and O–H groups in total. The highest BCUT2D eigenvalue weighted by molar-refractivity contribution is 6.33. The summed E-state index contributed by atoms with van der Waals surface area (Å²) in [7, 11) is 0. The lowest BCUT2D eigenvalue weighted by Crippen LogP contribution is -2.29. The highest BCUT2D eigenvalue weighted by Crippen LogP contribution is 2.29. The van der Waals surface area contributed by atoms with Crippen molar-refractivity contribution in [2.75, 3.05) is 10.6 Å². The lowest BCUT2D eigenvalue weighted by atomic mass is 10.1. The number of halogens is 1. The predicted octanol–water partition coefficient (Wildman–Crippen LogP) is 3.79. The number of nitrogen functional groups attached to an aromatic ring is 1. The van der Waals surface area contributed by atoms with E-state index in [0.29, 0.717) is 23.7 Å². The number of carbonyl (C=O) groups excluding carboxylic acids is 1. The van der Waals surface area contributed by atoms with Gasteiger partial charge in [-0.1, -0.05) is 35.9 Å². The zero-order valence-corrected chi connectivity index (χ0v) is 12.4. The Hall–Kier alpha value is -2.00. The molecule has 21 heavy (non-hydrogen) atoms. The third kappa shape index (κ3) is 2.88. The molecular weight excluding hydrogens is 284 g/mol. The average molecular weight is 301 g/mol. The van der Waals surface area contributed by atoms with E-state index in [1.54, 1.807) is 6.07 Å². The molecule has 0 aromatic heterocycles. The summed E-state index contributed by atoms with van der Waals surface area (Å²) in [6.07, 6.45) is 2.42. The molecule has 3 nitrogen and oxygen atoms in total. The molecule has 4 heteroatoms. The third-order valence-corrected chi connectivity index (χ3v) is 4.17. The number of hydrogen-bond donors (Lipinski definition) is 1. The highest BCUT2D eigenvalue weighted by atomic mass is 35.5. The van der Waals surface area contributed by atoms with E-state index in [4.69, 9.17) is 17.3 Å². The molecule has 0 bridgehead atoms. The summed E-state index contributed by atoms with van der Waals surface area (Å²) in [5.41, 5.74) is 9.62. The van der Waals surface area contributed by atoms with Crippen molar-refractivity contribution in [1.29, 1.82) is 0 Å². The zero-order valence-electron chi connectivity index (χ0n) is 11.7. The second-order valence-electron chi connectivity index (χ2n) is 5.32. The number of para-hydroxylation sites is 1. The summed E-state index contributed by atoms with van der Waals surface area (Å²) in [6, 6.07) is 13.6. The van der Waals surface area contributed by atoms with Crippen LogP contribution in [0.25, 0.3) is 0 Å². The lowest BCUT2D eigenvalue weighted by Gasteiger charge is -2.23. The molecule has 0 aliphatic carbocycles. The summed E-state index contributed by atoms with van der Waals surface area (Å²) < 4.78 is 0. The summed E-state index contributed by atoms with van der Waals surface area (Å²) in [5.74, 6) is 0.161. The first kappa shape index (κ1) is 14.0. The van der Waals surface area contributed by atoms with Gasteiger partial charge in [-0.25, -0.2) is 0 Å². The van der Waals surface area contributed by atoms with E-state index >= 15 is 0 Å². The van der Waals surface area contributed by atoms with Gasteiger partial charge in [0.05, 0.1) is 17.3 Å². The van der Waals surface area contributed by atoms with Crippen LogP contribution in [-0.2, 0) is 17.8 Å². The molecule has 108 valence electrons. The van der Waals surface area contributed by atoms with E-state index < -0.39 is 0 Å². The number of rotatable bonds is 2. The van der Waals surface area contributed by atoms with E-state index in [1.165, 1.54) is 5.56 Å². The average Bonchev–Trinajstić information content (AvgIpc) is 2.63. The Bertz CT molecular complexity index is 684. The van der Waals surface area contributed by atoms with E-state index in [1.807, 2.05) is 35.2 Å². The fourth-order valence-corrected chi connectivity index (χ4v) is 2.85. The van der Waals surface area contributed by atoms with Gasteiger partial charge in [-0.3, -0.25) is 4.79 Å². The van der Waals surface area contributed by atoms with Crippen LogP contribution in [0.4, 0.5) is 11.4 Å². The Labute approximate surface area is 129 Å². The van der Waals surface area contributed by atoms with Crippen LogP contribution in [0.2, 0.25) is 5.02 Å². The Balaban J connectivity index is 1.95. The molecule has 1 aliphatic heterocycles. The minimum atomic E-state index is 0.161.